The SMILES string of the molecule is COc1cccc(CNC[C@@H](O)[C@H](Cc2ccccc2)NC(=O)c2cccc(N(C)C)c2)c1. The minimum Gasteiger partial charge on any atom is -0.497 e. The molecule has 0 aliphatic rings. The lowest BCUT2D eigenvalue weighted by atomic mass is 10.00. The minimum atomic E-state index is -0.767. The van der Waals surface area contributed by atoms with Crippen LogP contribution in [0.1, 0.15) is 21.5 Å². The lowest BCUT2D eigenvalue weighted by molar-refractivity contribution is 0.0830. The van der Waals surface area contributed by atoms with Crippen molar-refractivity contribution in [3.05, 3.63) is 95.6 Å². The largest absolute Gasteiger partial charge is 0.497 e. The second kappa shape index (κ2) is 12.0. The third-order valence-electron chi connectivity index (χ3n) is 5.52. The molecule has 3 N–H and O–H groups in total. The minimum absolute atomic E-state index is 0.202. The van der Waals surface area contributed by atoms with E-state index in [-0.39, 0.29) is 5.91 Å². The Kier molecular flexibility index (Phi) is 8.87. The maximum Gasteiger partial charge on any atom is 0.251 e. The quantitative estimate of drug-likeness (QED) is 0.421. The predicted molar refractivity (Wildman–Crippen MR) is 133 cm³/mol. The number of hydrogen-bond acceptors (Lipinski definition) is 5. The fourth-order valence-corrected chi connectivity index (χ4v) is 3.62. The molecule has 6 heteroatoms. The zero-order chi connectivity index (χ0) is 23.6. The number of benzene rings is 3. The van der Waals surface area contributed by atoms with Gasteiger partial charge in [-0.1, -0.05) is 48.5 Å². The van der Waals surface area contributed by atoms with Crippen molar-refractivity contribution >= 4 is 11.6 Å². The normalized spacial score (nSPS) is 12.6. The van der Waals surface area contributed by atoms with Crippen molar-refractivity contribution < 1.29 is 14.6 Å². The molecule has 3 aromatic carbocycles. The zero-order valence-corrected chi connectivity index (χ0v) is 19.5. The van der Waals surface area contributed by atoms with E-state index in [1.165, 1.54) is 0 Å². The lowest BCUT2D eigenvalue weighted by Gasteiger charge is -2.25. The smallest absolute Gasteiger partial charge is 0.251 e. The Morgan fingerprint density at radius 3 is 2.42 bits per heavy atom. The highest BCUT2D eigenvalue weighted by molar-refractivity contribution is 5.95. The number of anilines is 1. The van der Waals surface area contributed by atoms with E-state index >= 15 is 0 Å². The van der Waals surface area contributed by atoms with E-state index in [2.05, 4.69) is 10.6 Å². The molecule has 0 aliphatic carbocycles. The van der Waals surface area contributed by atoms with Gasteiger partial charge in [0.25, 0.3) is 5.91 Å². The molecule has 0 radical (unpaired) electrons. The van der Waals surface area contributed by atoms with E-state index in [1.54, 1.807) is 13.2 Å². The van der Waals surface area contributed by atoms with Crippen LogP contribution >= 0.6 is 0 Å². The second-order valence-electron chi connectivity index (χ2n) is 8.26. The summed E-state index contributed by atoms with van der Waals surface area (Å²) in [6.45, 7) is 0.928. The molecule has 0 saturated heterocycles. The lowest BCUT2D eigenvalue weighted by Crippen LogP contribution is -2.48. The van der Waals surface area contributed by atoms with Crippen LogP contribution in [0.2, 0.25) is 0 Å². The van der Waals surface area contributed by atoms with Gasteiger partial charge in [0.2, 0.25) is 0 Å². The molecule has 1 amide bonds. The van der Waals surface area contributed by atoms with Crippen LogP contribution in [0.15, 0.2) is 78.9 Å². The van der Waals surface area contributed by atoms with Gasteiger partial charge >= 0.3 is 0 Å². The Labute approximate surface area is 196 Å². The van der Waals surface area contributed by atoms with Gasteiger partial charge in [0.1, 0.15) is 5.75 Å². The summed E-state index contributed by atoms with van der Waals surface area (Å²) in [5.41, 5.74) is 3.63. The van der Waals surface area contributed by atoms with Gasteiger partial charge < -0.3 is 25.4 Å². The van der Waals surface area contributed by atoms with Crippen LogP contribution in [-0.2, 0) is 13.0 Å². The Morgan fingerprint density at radius 1 is 0.970 bits per heavy atom. The fourth-order valence-electron chi connectivity index (χ4n) is 3.62. The number of nitrogens with zero attached hydrogens (tertiary/aromatic N) is 1. The van der Waals surface area contributed by atoms with Crippen LogP contribution in [0.3, 0.4) is 0 Å². The van der Waals surface area contributed by atoms with Gasteiger partial charge in [0, 0.05) is 38.4 Å². The number of aliphatic hydroxyl groups excluding tert-OH is 1. The molecule has 6 nitrogen and oxygen atoms in total. The number of hydrogen-bond donors (Lipinski definition) is 3. The average Bonchev–Trinajstić information content (AvgIpc) is 2.84. The zero-order valence-electron chi connectivity index (χ0n) is 19.5. The molecule has 3 aromatic rings. The van der Waals surface area contributed by atoms with E-state index < -0.39 is 12.1 Å². The molecule has 2 atom stereocenters. The molecular weight excluding hydrogens is 414 g/mol. The van der Waals surface area contributed by atoms with Crippen molar-refractivity contribution in [3.8, 4) is 5.75 Å². The number of amides is 1. The second-order valence-corrected chi connectivity index (χ2v) is 8.26. The van der Waals surface area contributed by atoms with Crippen LogP contribution in [0.25, 0.3) is 0 Å². The first kappa shape index (κ1) is 24.3. The number of carbonyl (C=O) groups excluding carboxylic acids is 1. The molecule has 174 valence electrons. The first-order valence-electron chi connectivity index (χ1n) is 11.1. The van der Waals surface area contributed by atoms with E-state index in [0.717, 1.165) is 22.6 Å². The molecule has 0 spiro atoms. The van der Waals surface area contributed by atoms with E-state index in [4.69, 9.17) is 4.74 Å². The number of carbonyl (C=O) groups is 1. The van der Waals surface area contributed by atoms with Gasteiger partial charge in [-0.25, -0.2) is 0 Å². The third kappa shape index (κ3) is 7.34. The number of rotatable bonds is 11. The van der Waals surface area contributed by atoms with Crippen LogP contribution < -0.4 is 20.3 Å². The Hall–Kier alpha value is -3.35. The summed E-state index contributed by atoms with van der Waals surface area (Å²) in [4.78, 5) is 15.0. The van der Waals surface area contributed by atoms with Gasteiger partial charge in [-0.05, 0) is 47.9 Å². The maximum atomic E-state index is 13.0. The highest BCUT2D eigenvalue weighted by Crippen LogP contribution is 2.15. The van der Waals surface area contributed by atoms with E-state index in [0.29, 0.717) is 25.1 Å². The third-order valence-corrected chi connectivity index (χ3v) is 5.52. The molecule has 0 heterocycles. The standard InChI is InChI=1S/C27H33N3O3/c1-30(2)23-13-8-12-22(17-23)27(32)29-25(16-20-9-5-4-6-10-20)26(31)19-28-18-21-11-7-14-24(15-21)33-3/h4-15,17,25-26,28,31H,16,18-19H2,1-3H3,(H,29,32)/t25-,26+/m0/s1. The van der Waals surface area contributed by atoms with Crippen molar-refractivity contribution in [3.63, 3.8) is 0 Å². The summed E-state index contributed by atoms with van der Waals surface area (Å²) in [6.07, 6.45) is -0.237. The Morgan fingerprint density at radius 2 is 1.70 bits per heavy atom. The molecule has 0 aromatic heterocycles. The van der Waals surface area contributed by atoms with Gasteiger partial charge in [-0.3, -0.25) is 4.79 Å². The van der Waals surface area contributed by atoms with Crippen LogP contribution in [0.4, 0.5) is 5.69 Å². The molecule has 0 unspecified atom stereocenters. The number of nitrogens with one attached hydrogen (secondary N) is 2. The fraction of sp³-hybridized carbons (Fsp3) is 0.296. The highest BCUT2D eigenvalue weighted by atomic mass is 16.5. The first-order valence-corrected chi connectivity index (χ1v) is 11.1. The monoisotopic (exact) mass is 447 g/mol. The molecule has 0 saturated carbocycles. The Balaban J connectivity index is 1.67. The molecule has 0 aliphatic heterocycles. The van der Waals surface area contributed by atoms with Gasteiger partial charge in [0.15, 0.2) is 0 Å². The molecule has 33 heavy (non-hydrogen) atoms. The average molecular weight is 448 g/mol. The molecule has 0 fully saturated rings. The van der Waals surface area contributed by atoms with E-state index in [9.17, 15) is 9.90 Å². The number of aliphatic hydroxyl groups is 1. The number of methoxy groups -OCH3 is 1. The summed E-state index contributed by atoms with van der Waals surface area (Å²) in [5.74, 6) is 0.593. The number of ether oxygens (including phenoxy) is 1. The Bertz CT molecular complexity index is 1020. The van der Waals surface area contributed by atoms with Crippen LogP contribution in [-0.4, -0.2) is 50.9 Å². The van der Waals surface area contributed by atoms with Crippen molar-refractivity contribution in [1.29, 1.82) is 0 Å². The summed E-state index contributed by atoms with van der Waals surface area (Å²) in [5, 5.41) is 17.3. The summed E-state index contributed by atoms with van der Waals surface area (Å²) in [7, 11) is 5.52. The summed E-state index contributed by atoms with van der Waals surface area (Å²) >= 11 is 0. The summed E-state index contributed by atoms with van der Waals surface area (Å²) < 4.78 is 5.27. The van der Waals surface area contributed by atoms with Crippen molar-refractivity contribution in [2.24, 2.45) is 0 Å². The first-order chi connectivity index (χ1) is 16.0. The van der Waals surface area contributed by atoms with E-state index in [1.807, 2.05) is 91.8 Å². The topological polar surface area (TPSA) is 73.8 Å². The van der Waals surface area contributed by atoms with Gasteiger partial charge in [0.05, 0.1) is 19.3 Å². The van der Waals surface area contributed by atoms with Crippen molar-refractivity contribution in [2.75, 3.05) is 32.6 Å². The molecule has 3 rings (SSSR count). The van der Waals surface area contributed by atoms with Crippen LogP contribution in [0.5, 0.6) is 5.75 Å². The van der Waals surface area contributed by atoms with Crippen LogP contribution in [0, 0.1) is 0 Å². The van der Waals surface area contributed by atoms with Crippen molar-refractivity contribution in [1.82, 2.24) is 10.6 Å². The van der Waals surface area contributed by atoms with Crippen molar-refractivity contribution in [2.45, 2.75) is 25.1 Å². The summed E-state index contributed by atoms with van der Waals surface area (Å²) in [6, 6.07) is 24.7. The highest BCUT2D eigenvalue weighted by Gasteiger charge is 2.22. The molecule has 0 bridgehead atoms. The van der Waals surface area contributed by atoms with Gasteiger partial charge in [-0.2, -0.15) is 0 Å². The predicted octanol–water partition coefficient (Wildman–Crippen LogP) is 3.25. The molecular formula is C27H33N3O3. The van der Waals surface area contributed by atoms with Gasteiger partial charge in [-0.15, -0.1) is 0 Å². The maximum absolute atomic E-state index is 13.0.